The zero-order valence-electron chi connectivity index (χ0n) is 19.7. The number of amides is 2. The molecule has 180 valence electrons. The van der Waals surface area contributed by atoms with Crippen LogP contribution in [0.4, 0.5) is 0 Å². The predicted octanol–water partition coefficient (Wildman–Crippen LogP) is 2.68. The summed E-state index contributed by atoms with van der Waals surface area (Å²) in [6.45, 7) is 4.72. The molecule has 0 radical (unpaired) electrons. The molecule has 1 saturated heterocycles. The number of nitrogens with one attached hydrogen (secondary N) is 2. The van der Waals surface area contributed by atoms with Gasteiger partial charge in [0, 0.05) is 35.3 Å². The van der Waals surface area contributed by atoms with E-state index in [2.05, 4.69) is 27.5 Å². The van der Waals surface area contributed by atoms with Crippen molar-refractivity contribution in [2.75, 3.05) is 19.6 Å². The second-order valence-corrected chi connectivity index (χ2v) is 8.42. The highest BCUT2D eigenvalue weighted by atomic mass is 16.5. The van der Waals surface area contributed by atoms with E-state index in [4.69, 9.17) is 4.74 Å². The highest BCUT2D eigenvalue weighted by molar-refractivity contribution is 5.95. The van der Waals surface area contributed by atoms with E-state index in [1.165, 1.54) is 0 Å². The van der Waals surface area contributed by atoms with Crippen molar-refractivity contribution in [2.24, 2.45) is 5.92 Å². The maximum absolute atomic E-state index is 12.8. The van der Waals surface area contributed by atoms with Gasteiger partial charge in [-0.1, -0.05) is 24.1 Å². The minimum Gasteiger partial charge on any atom is -0.489 e. The normalized spacial score (nSPS) is 16.9. The first kappa shape index (κ1) is 24.2. The molecule has 4 rings (SSSR count). The van der Waals surface area contributed by atoms with Crippen LogP contribution in [0.2, 0.25) is 0 Å². The second-order valence-electron chi connectivity index (χ2n) is 8.42. The van der Waals surface area contributed by atoms with E-state index in [0.717, 1.165) is 22.2 Å². The van der Waals surface area contributed by atoms with E-state index in [0.29, 0.717) is 36.1 Å². The number of hydroxylamine groups is 2. The molecule has 1 fully saturated rings. The van der Waals surface area contributed by atoms with E-state index in [-0.39, 0.29) is 12.5 Å². The molecule has 0 saturated carbocycles. The summed E-state index contributed by atoms with van der Waals surface area (Å²) in [5.41, 5.74) is 3.36. The van der Waals surface area contributed by atoms with Crippen LogP contribution in [0.3, 0.4) is 0 Å². The van der Waals surface area contributed by atoms with Crippen molar-refractivity contribution in [3.8, 4) is 17.6 Å². The average Bonchev–Trinajstić information content (AvgIpc) is 3.33. The molecule has 2 heterocycles. The fraction of sp³-hybridized carbons (Fsp3) is 0.296. The molecule has 2 aromatic carbocycles. The van der Waals surface area contributed by atoms with Crippen LogP contribution in [0.25, 0.3) is 10.9 Å². The number of nitrogens with zero attached hydrogens (tertiary/aromatic N) is 2. The van der Waals surface area contributed by atoms with Crippen molar-refractivity contribution in [3.05, 3.63) is 71.4 Å². The van der Waals surface area contributed by atoms with E-state index in [1.54, 1.807) is 31.2 Å². The maximum Gasteiger partial charge on any atom is 0.253 e. The van der Waals surface area contributed by atoms with Crippen LogP contribution in [0.15, 0.2) is 54.6 Å². The first-order valence-electron chi connectivity index (χ1n) is 11.5. The molecule has 2 amide bonds. The lowest BCUT2D eigenvalue weighted by Crippen LogP contribution is -2.47. The maximum atomic E-state index is 12.8. The number of hydrogen-bond donors (Lipinski definition) is 3. The highest BCUT2D eigenvalue weighted by Crippen LogP contribution is 2.21. The zero-order chi connectivity index (χ0) is 24.8. The Labute approximate surface area is 204 Å². The van der Waals surface area contributed by atoms with E-state index in [1.807, 2.05) is 37.3 Å². The molecular weight excluding hydrogens is 444 g/mol. The van der Waals surface area contributed by atoms with Gasteiger partial charge in [0.2, 0.25) is 0 Å². The Hall–Kier alpha value is -3.93. The third-order valence-electron chi connectivity index (χ3n) is 5.95. The minimum atomic E-state index is -0.566. The summed E-state index contributed by atoms with van der Waals surface area (Å²) < 4.78 is 5.97. The Kier molecular flexibility index (Phi) is 7.60. The van der Waals surface area contributed by atoms with Crippen LogP contribution in [-0.4, -0.2) is 52.7 Å². The number of pyridine rings is 1. The monoisotopic (exact) mass is 472 g/mol. The van der Waals surface area contributed by atoms with Gasteiger partial charge >= 0.3 is 0 Å². The molecule has 3 aromatic rings. The standard InChI is InChI=1S/C27H28N4O4/c1-3-4-13-31(34)27(33)23-15-28-16-25(23)30-26(32)19-9-11-21(12-10-19)35-17-20-14-18(2)29-24-8-6-5-7-22(20)24/h5-12,14,23,25,28,34H,13,15-17H2,1-2H3,(H,30,32)/t23-,25+/m0/s1. The van der Waals surface area contributed by atoms with Gasteiger partial charge in [-0.25, -0.2) is 5.06 Å². The summed E-state index contributed by atoms with van der Waals surface area (Å²) >= 11 is 0. The average molecular weight is 473 g/mol. The van der Waals surface area contributed by atoms with Gasteiger partial charge in [-0.15, -0.1) is 5.92 Å². The fourth-order valence-corrected chi connectivity index (χ4v) is 4.14. The van der Waals surface area contributed by atoms with E-state index >= 15 is 0 Å². The Bertz CT molecular complexity index is 1280. The molecule has 0 bridgehead atoms. The van der Waals surface area contributed by atoms with Crippen LogP contribution in [0, 0.1) is 24.7 Å². The van der Waals surface area contributed by atoms with Gasteiger partial charge < -0.3 is 15.4 Å². The Morgan fingerprint density at radius 2 is 1.97 bits per heavy atom. The van der Waals surface area contributed by atoms with E-state index < -0.39 is 17.9 Å². The van der Waals surface area contributed by atoms with Crippen molar-refractivity contribution >= 4 is 22.7 Å². The molecule has 1 aliphatic rings. The first-order chi connectivity index (χ1) is 17.0. The zero-order valence-corrected chi connectivity index (χ0v) is 19.7. The minimum absolute atomic E-state index is 0.0666. The number of aryl methyl sites for hydroxylation is 1. The summed E-state index contributed by atoms with van der Waals surface area (Å²) in [5, 5.41) is 17.6. The number of fused-ring (bicyclic) bond motifs is 1. The van der Waals surface area contributed by atoms with Crippen LogP contribution in [-0.2, 0) is 11.4 Å². The Morgan fingerprint density at radius 1 is 1.20 bits per heavy atom. The lowest BCUT2D eigenvalue weighted by atomic mass is 10.0. The smallest absolute Gasteiger partial charge is 0.253 e. The van der Waals surface area contributed by atoms with Gasteiger partial charge in [0.15, 0.2) is 0 Å². The van der Waals surface area contributed by atoms with Crippen molar-refractivity contribution < 1.29 is 19.5 Å². The van der Waals surface area contributed by atoms with Gasteiger partial charge in [0.05, 0.1) is 17.5 Å². The van der Waals surface area contributed by atoms with Gasteiger partial charge in [0.25, 0.3) is 11.8 Å². The molecule has 35 heavy (non-hydrogen) atoms. The van der Waals surface area contributed by atoms with Crippen LogP contribution < -0.4 is 15.4 Å². The van der Waals surface area contributed by atoms with Gasteiger partial charge in [-0.05, 0) is 50.2 Å². The fourth-order valence-electron chi connectivity index (χ4n) is 4.14. The van der Waals surface area contributed by atoms with Gasteiger partial charge in [-0.3, -0.25) is 19.8 Å². The van der Waals surface area contributed by atoms with Crippen molar-refractivity contribution in [1.82, 2.24) is 20.7 Å². The third-order valence-corrected chi connectivity index (χ3v) is 5.95. The van der Waals surface area contributed by atoms with Crippen molar-refractivity contribution in [3.63, 3.8) is 0 Å². The highest BCUT2D eigenvalue weighted by Gasteiger charge is 2.36. The molecule has 1 aliphatic heterocycles. The third kappa shape index (κ3) is 5.77. The Balaban J connectivity index is 1.37. The molecule has 3 N–H and O–H groups in total. The molecular formula is C27H28N4O4. The lowest BCUT2D eigenvalue weighted by Gasteiger charge is -2.22. The number of rotatable bonds is 7. The number of para-hydroxylation sites is 1. The number of carbonyl (C=O) groups excluding carboxylic acids is 2. The van der Waals surface area contributed by atoms with Crippen LogP contribution in [0.1, 0.15) is 28.5 Å². The number of hydrogen-bond acceptors (Lipinski definition) is 6. The molecule has 2 atom stereocenters. The largest absolute Gasteiger partial charge is 0.489 e. The molecule has 0 aliphatic carbocycles. The summed E-state index contributed by atoms with van der Waals surface area (Å²) in [6, 6.07) is 16.4. The summed E-state index contributed by atoms with van der Waals surface area (Å²) in [5.74, 6) is 4.61. The number of ether oxygens (including phenoxy) is 1. The number of benzene rings is 2. The first-order valence-corrected chi connectivity index (χ1v) is 11.5. The predicted molar refractivity (Wildman–Crippen MR) is 132 cm³/mol. The Morgan fingerprint density at radius 3 is 2.74 bits per heavy atom. The SMILES string of the molecule is CC#CCN(O)C(=O)[C@H]1CNC[C@H]1NC(=O)c1ccc(OCc2cc(C)nc3ccccc23)cc1. The summed E-state index contributed by atoms with van der Waals surface area (Å²) in [7, 11) is 0. The quantitative estimate of drug-likeness (QED) is 0.278. The number of carbonyl (C=O) groups is 2. The van der Waals surface area contributed by atoms with Crippen LogP contribution >= 0.6 is 0 Å². The molecule has 8 heteroatoms. The molecule has 8 nitrogen and oxygen atoms in total. The van der Waals surface area contributed by atoms with Crippen LogP contribution in [0.5, 0.6) is 5.75 Å². The van der Waals surface area contributed by atoms with Crippen molar-refractivity contribution in [2.45, 2.75) is 26.5 Å². The topological polar surface area (TPSA) is 104 Å². The van der Waals surface area contributed by atoms with Gasteiger partial charge in [-0.2, -0.15) is 0 Å². The molecule has 0 spiro atoms. The molecule has 0 unspecified atom stereocenters. The summed E-state index contributed by atoms with van der Waals surface area (Å²) in [4.78, 5) is 29.9. The lowest BCUT2D eigenvalue weighted by molar-refractivity contribution is -0.167. The van der Waals surface area contributed by atoms with E-state index in [9.17, 15) is 14.8 Å². The summed E-state index contributed by atoms with van der Waals surface area (Å²) in [6.07, 6.45) is 0. The number of aromatic nitrogens is 1. The van der Waals surface area contributed by atoms with Crippen molar-refractivity contribution in [1.29, 1.82) is 0 Å². The second kappa shape index (κ2) is 11.0. The molecule has 1 aromatic heterocycles. The van der Waals surface area contributed by atoms with Gasteiger partial charge in [0.1, 0.15) is 18.9 Å².